The van der Waals surface area contributed by atoms with Gasteiger partial charge < -0.3 is 20.3 Å². The van der Waals surface area contributed by atoms with Crippen molar-refractivity contribution in [2.75, 3.05) is 46.3 Å². The number of guanidine groups is 1. The molecule has 168 valence electrons. The summed E-state index contributed by atoms with van der Waals surface area (Å²) in [6.45, 7) is 7.50. The number of hydrogen-bond donors (Lipinski definition) is 2. The average molecular weight is 422 g/mol. The summed E-state index contributed by atoms with van der Waals surface area (Å²) in [5.74, 6) is 1.01. The van der Waals surface area contributed by atoms with E-state index in [0.717, 1.165) is 12.8 Å². The van der Waals surface area contributed by atoms with E-state index < -0.39 is 18.3 Å². The van der Waals surface area contributed by atoms with E-state index in [9.17, 15) is 18.0 Å². The zero-order valence-electron chi connectivity index (χ0n) is 17.8. The van der Waals surface area contributed by atoms with E-state index >= 15 is 0 Å². The third-order valence-corrected chi connectivity index (χ3v) is 5.06. The van der Waals surface area contributed by atoms with Gasteiger partial charge in [0.2, 0.25) is 0 Å². The molecule has 1 amide bonds. The van der Waals surface area contributed by atoms with Crippen LogP contribution in [-0.4, -0.2) is 86.0 Å². The summed E-state index contributed by atoms with van der Waals surface area (Å²) < 4.78 is 43.0. The lowest BCUT2D eigenvalue weighted by Crippen LogP contribution is -2.48. The van der Waals surface area contributed by atoms with Crippen LogP contribution in [0.1, 0.15) is 40.0 Å². The fraction of sp³-hybridized carbons (Fsp3) is 0.895. The molecule has 0 bridgehead atoms. The van der Waals surface area contributed by atoms with Crippen molar-refractivity contribution in [2.24, 2.45) is 10.9 Å². The Morgan fingerprint density at radius 2 is 1.79 bits per heavy atom. The van der Waals surface area contributed by atoms with Gasteiger partial charge in [0.25, 0.3) is 0 Å². The fourth-order valence-corrected chi connectivity index (χ4v) is 3.62. The first kappa shape index (κ1) is 23.6. The van der Waals surface area contributed by atoms with Crippen molar-refractivity contribution in [3.05, 3.63) is 0 Å². The summed E-state index contributed by atoms with van der Waals surface area (Å²) in [6, 6.07) is -0.0439. The van der Waals surface area contributed by atoms with E-state index in [1.54, 1.807) is 11.9 Å². The highest BCUT2D eigenvalue weighted by molar-refractivity contribution is 5.80. The van der Waals surface area contributed by atoms with Gasteiger partial charge in [0, 0.05) is 45.8 Å². The van der Waals surface area contributed by atoms with Gasteiger partial charge in [-0.05, 0) is 46.0 Å². The molecule has 2 saturated heterocycles. The van der Waals surface area contributed by atoms with Gasteiger partial charge in [-0.25, -0.2) is 4.79 Å². The number of nitrogens with zero attached hydrogens (tertiary/aromatic N) is 3. The van der Waals surface area contributed by atoms with Crippen molar-refractivity contribution in [2.45, 2.75) is 57.9 Å². The lowest BCUT2D eigenvalue weighted by atomic mass is 9.97. The van der Waals surface area contributed by atoms with Crippen molar-refractivity contribution in [1.29, 1.82) is 0 Å². The van der Waals surface area contributed by atoms with E-state index in [4.69, 9.17) is 4.74 Å². The summed E-state index contributed by atoms with van der Waals surface area (Å²) in [7, 11) is 1.66. The smallest absolute Gasteiger partial charge is 0.410 e. The van der Waals surface area contributed by atoms with Crippen LogP contribution in [0.3, 0.4) is 0 Å². The van der Waals surface area contributed by atoms with Gasteiger partial charge in [-0.15, -0.1) is 0 Å². The highest BCUT2D eigenvalue weighted by atomic mass is 19.4. The molecular weight excluding hydrogens is 387 g/mol. The van der Waals surface area contributed by atoms with Crippen LogP contribution >= 0.6 is 0 Å². The van der Waals surface area contributed by atoms with E-state index in [1.807, 2.05) is 20.8 Å². The first-order valence-electron chi connectivity index (χ1n) is 10.2. The number of piperidine rings is 1. The number of likely N-dealkylation sites (tertiary alicyclic amines) is 2. The number of hydrogen-bond acceptors (Lipinski definition) is 4. The average Bonchev–Trinajstić information content (AvgIpc) is 3.02. The molecule has 2 aliphatic heterocycles. The molecule has 0 aromatic heterocycles. The predicted octanol–water partition coefficient (Wildman–Crippen LogP) is 2.44. The van der Waals surface area contributed by atoms with Crippen molar-refractivity contribution < 1.29 is 22.7 Å². The summed E-state index contributed by atoms with van der Waals surface area (Å²) >= 11 is 0. The van der Waals surface area contributed by atoms with Crippen molar-refractivity contribution in [3.8, 4) is 0 Å². The maximum absolute atomic E-state index is 12.5. The SMILES string of the molecule is CN=C(NCC1CCN(C(=O)OC(C)(C)C)CC1)NC1CCN(CC(F)(F)F)C1. The van der Waals surface area contributed by atoms with Crippen LogP contribution in [0.4, 0.5) is 18.0 Å². The van der Waals surface area contributed by atoms with Gasteiger partial charge in [0.1, 0.15) is 5.60 Å². The van der Waals surface area contributed by atoms with Crippen LogP contribution in [0.2, 0.25) is 0 Å². The Morgan fingerprint density at radius 3 is 2.34 bits per heavy atom. The van der Waals surface area contributed by atoms with E-state index in [-0.39, 0.29) is 12.1 Å². The van der Waals surface area contributed by atoms with E-state index in [0.29, 0.717) is 51.0 Å². The lowest BCUT2D eigenvalue weighted by Gasteiger charge is -2.33. The minimum atomic E-state index is -4.16. The molecule has 1 unspecified atom stereocenters. The Morgan fingerprint density at radius 1 is 1.14 bits per heavy atom. The third kappa shape index (κ3) is 8.67. The largest absolute Gasteiger partial charge is 0.444 e. The predicted molar refractivity (Wildman–Crippen MR) is 106 cm³/mol. The normalized spacial score (nSPS) is 22.7. The molecule has 2 N–H and O–H groups in total. The number of carbonyl (C=O) groups excluding carboxylic acids is 1. The molecule has 7 nitrogen and oxygen atoms in total. The van der Waals surface area contributed by atoms with Gasteiger partial charge in [-0.3, -0.25) is 9.89 Å². The second-order valence-corrected chi connectivity index (χ2v) is 8.84. The Hall–Kier alpha value is -1.71. The highest BCUT2D eigenvalue weighted by Gasteiger charge is 2.34. The van der Waals surface area contributed by atoms with Gasteiger partial charge in [-0.2, -0.15) is 13.2 Å². The molecule has 2 aliphatic rings. The molecule has 0 radical (unpaired) electrons. The summed E-state index contributed by atoms with van der Waals surface area (Å²) in [6.07, 6.45) is -2.04. The van der Waals surface area contributed by atoms with Crippen LogP contribution in [0.25, 0.3) is 0 Å². The molecule has 2 rings (SSSR count). The molecule has 0 aliphatic carbocycles. The molecule has 2 fully saturated rings. The molecule has 0 aromatic rings. The number of aliphatic imine (C=N–C) groups is 1. The van der Waals surface area contributed by atoms with Crippen LogP contribution in [-0.2, 0) is 4.74 Å². The topological polar surface area (TPSA) is 69.2 Å². The molecule has 10 heteroatoms. The number of amides is 1. The van der Waals surface area contributed by atoms with Crippen molar-refractivity contribution in [1.82, 2.24) is 20.4 Å². The van der Waals surface area contributed by atoms with Gasteiger partial charge in [0.05, 0.1) is 6.54 Å². The Balaban J connectivity index is 1.68. The van der Waals surface area contributed by atoms with Crippen molar-refractivity contribution in [3.63, 3.8) is 0 Å². The number of ether oxygens (including phenoxy) is 1. The molecule has 0 aromatic carbocycles. The zero-order chi connectivity index (χ0) is 21.7. The Labute approximate surface area is 171 Å². The third-order valence-electron chi connectivity index (χ3n) is 5.06. The monoisotopic (exact) mass is 421 g/mol. The number of rotatable bonds is 4. The molecule has 1 atom stereocenters. The van der Waals surface area contributed by atoms with E-state index in [2.05, 4.69) is 15.6 Å². The number of carbonyl (C=O) groups is 1. The lowest BCUT2D eigenvalue weighted by molar-refractivity contribution is -0.143. The first-order valence-corrected chi connectivity index (χ1v) is 10.2. The second-order valence-electron chi connectivity index (χ2n) is 8.84. The van der Waals surface area contributed by atoms with Gasteiger partial charge in [-0.1, -0.05) is 0 Å². The van der Waals surface area contributed by atoms with Crippen LogP contribution < -0.4 is 10.6 Å². The van der Waals surface area contributed by atoms with Crippen LogP contribution in [0.15, 0.2) is 4.99 Å². The molecule has 29 heavy (non-hydrogen) atoms. The maximum atomic E-state index is 12.5. The Bertz CT molecular complexity index is 569. The van der Waals surface area contributed by atoms with Crippen molar-refractivity contribution >= 4 is 12.1 Å². The van der Waals surface area contributed by atoms with Gasteiger partial charge in [0.15, 0.2) is 5.96 Å². The molecular formula is C19H34F3N5O2. The van der Waals surface area contributed by atoms with Crippen LogP contribution in [0, 0.1) is 5.92 Å². The standard InChI is InChI=1S/C19H34F3N5O2/c1-18(2,3)29-17(28)27-9-5-14(6-10-27)11-24-16(23-4)25-15-7-8-26(12-15)13-19(20,21)22/h14-15H,5-13H2,1-4H3,(H2,23,24,25). The van der Waals surface area contributed by atoms with Crippen LogP contribution in [0.5, 0.6) is 0 Å². The fourth-order valence-electron chi connectivity index (χ4n) is 3.62. The zero-order valence-corrected chi connectivity index (χ0v) is 17.8. The number of halogens is 3. The minimum Gasteiger partial charge on any atom is -0.444 e. The molecule has 2 heterocycles. The quantitative estimate of drug-likeness (QED) is 0.539. The summed E-state index contributed by atoms with van der Waals surface area (Å²) in [4.78, 5) is 19.5. The number of alkyl halides is 3. The van der Waals surface area contributed by atoms with E-state index in [1.165, 1.54) is 4.90 Å². The molecule has 0 saturated carbocycles. The first-order chi connectivity index (χ1) is 13.4. The molecule has 0 spiro atoms. The highest BCUT2D eigenvalue weighted by Crippen LogP contribution is 2.21. The number of nitrogens with one attached hydrogen (secondary N) is 2. The Kier molecular flexibility index (Phi) is 8.02. The summed E-state index contributed by atoms with van der Waals surface area (Å²) in [5.41, 5.74) is -0.496. The maximum Gasteiger partial charge on any atom is 0.410 e. The minimum absolute atomic E-state index is 0.0439. The summed E-state index contributed by atoms with van der Waals surface area (Å²) in [5, 5.41) is 6.49. The van der Waals surface area contributed by atoms with Gasteiger partial charge >= 0.3 is 12.3 Å². The second kappa shape index (κ2) is 9.86.